The second-order valence-electron chi connectivity index (χ2n) is 8.83. The Balaban J connectivity index is 1.68. The number of imidazole rings is 1. The van der Waals surface area contributed by atoms with Crippen molar-refractivity contribution in [1.82, 2.24) is 24.9 Å². The summed E-state index contributed by atoms with van der Waals surface area (Å²) in [5, 5.41) is 2.74. The zero-order chi connectivity index (χ0) is 24.9. The summed E-state index contributed by atoms with van der Waals surface area (Å²) in [5.74, 6) is -0.530. The largest absolute Gasteiger partial charge is 0.373 e. The Morgan fingerprint density at radius 3 is 2.82 bits per heavy atom. The highest BCUT2D eigenvalue weighted by molar-refractivity contribution is 7.89. The Labute approximate surface area is 201 Å². The highest BCUT2D eigenvalue weighted by Gasteiger charge is 2.28. The highest BCUT2D eigenvalue weighted by Crippen LogP contribution is 2.24. The summed E-state index contributed by atoms with van der Waals surface area (Å²) in [5.41, 5.74) is 2.43. The first-order valence-electron chi connectivity index (χ1n) is 11.6. The van der Waals surface area contributed by atoms with E-state index < -0.39 is 22.0 Å². The second kappa shape index (κ2) is 11.1. The Hall–Kier alpha value is -2.72. The van der Waals surface area contributed by atoms with Crippen LogP contribution in [0, 0.1) is 12.7 Å². The van der Waals surface area contributed by atoms with Crippen LogP contribution >= 0.6 is 0 Å². The first-order valence-corrected chi connectivity index (χ1v) is 13.3. The molecule has 1 aromatic heterocycles. The number of nitrogens with zero attached hydrogens (tertiary/aromatic N) is 2. The summed E-state index contributed by atoms with van der Waals surface area (Å²) in [6, 6.07) is 4.23. The maximum Gasteiger partial charge on any atom is 0.238 e. The first-order chi connectivity index (χ1) is 16.1. The van der Waals surface area contributed by atoms with Gasteiger partial charge >= 0.3 is 0 Å². The predicted molar refractivity (Wildman–Crippen MR) is 131 cm³/mol. The van der Waals surface area contributed by atoms with Crippen LogP contribution in [0.25, 0.3) is 11.3 Å². The fourth-order valence-corrected chi connectivity index (χ4v) is 4.92. The number of carbonyl (C=O) groups is 1. The molecule has 3 rings (SSSR count). The standard InChI is InChI=1S/C24H34FN5O3S/c1-5-34(32,33)29-21(13-18(4)30-11-7-6-8-17(30)3)24(31)27-15-23-26-14-22(28-23)19-10-9-16(2)12-20(19)25/h9-10,12,14,17,21,29H,4-8,11,13,15H2,1-3H3,(H,26,28)(H,27,31)/t17-,21-/m0/s1. The molecule has 0 aliphatic carbocycles. The Kier molecular flexibility index (Phi) is 8.48. The molecule has 3 N–H and O–H groups in total. The summed E-state index contributed by atoms with van der Waals surface area (Å²) in [6.45, 7) is 10.5. The van der Waals surface area contributed by atoms with Crippen molar-refractivity contribution < 1.29 is 17.6 Å². The molecule has 1 fully saturated rings. The average Bonchev–Trinajstić information content (AvgIpc) is 3.25. The van der Waals surface area contributed by atoms with Crippen molar-refractivity contribution >= 4 is 15.9 Å². The third kappa shape index (κ3) is 6.66. The van der Waals surface area contributed by atoms with Gasteiger partial charge in [0, 0.05) is 30.3 Å². The van der Waals surface area contributed by atoms with Crippen molar-refractivity contribution in [3.8, 4) is 11.3 Å². The molecule has 0 bridgehead atoms. The topological polar surface area (TPSA) is 107 Å². The van der Waals surface area contributed by atoms with Crippen LogP contribution in [-0.2, 0) is 21.4 Å². The summed E-state index contributed by atoms with van der Waals surface area (Å²) < 4.78 is 41.2. The van der Waals surface area contributed by atoms with E-state index in [0.29, 0.717) is 23.1 Å². The molecule has 1 aromatic carbocycles. The maximum absolute atomic E-state index is 14.3. The molecule has 0 unspecified atom stereocenters. The molecule has 1 saturated heterocycles. The molecular formula is C24H34FN5O3S. The van der Waals surface area contributed by atoms with Crippen LogP contribution < -0.4 is 10.0 Å². The second-order valence-corrected chi connectivity index (χ2v) is 10.9. The first kappa shape index (κ1) is 25.9. The SMILES string of the molecule is C=C(C[C@H](NS(=O)(=O)CC)C(=O)NCc1ncc(-c2ccc(C)cc2F)[nH]1)N1CCCC[C@@H]1C. The lowest BCUT2D eigenvalue weighted by molar-refractivity contribution is -0.123. The molecule has 10 heteroatoms. The Morgan fingerprint density at radius 2 is 2.15 bits per heavy atom. The number of likely N-dealkylation sites (tertiary alicyclic amines) is 1. The number of aromatic amines is 1. The summed E-state index contributed by atoms with van der Waals surface area (Å²) in [7, 11) is -3.61. The summed E-state index contributed by atoms with van der Waals surface area (Å²) in [4.78, 5) is 22.4. The lowest BCUT2D eigenvalue weighted by Gasteiger charge is -2.37. The number of aryl methyl sites for hydroxylation is 1. The molecule has 2 heterocycles. The van der Waals surface area contributed by atoms with Gasteiger partial charge in [-0.1, -0.05) is 12.6 Å². The minimum Gasteiger partial charge on any atom is -0.373 e. The molecular weight excluding hydrogens is 457 g/mol. The molecule has 2 atom stereocenters. The fraction of sp³-hybridized carbons (Fsp3) is 0.500. The lowest BCUT2D eigenvalue weighted by atomic mass is 10.0. The predicted octanol–water partition coefficient (Wildman–Crippen LogP) is 3.23. The van der Waals surface area contributed by atoms with Gasteiger partial charge in [0.15, 0.2) is 0 Å². The van der Waals surface area contributed by atoms with Crippen molar-refractivity contribution in [3.63, 3.8) is 0 Å². The Morgan fingerprint density at radius 1 is 1.38 bits per heavy atom. The number of piperidine rings is 1. The minimum absolute atomic E-state index is 0.0449. The van der Waals surface area contributed by atoms with Crippen LogP contribution in [0.3, 0.4) is 0 Å². The molecule has 1 aliphatic rings. The quantitative estimate of drug-likeness (QED) is 0.473. The van der Waals surface area contributed by atoms with Gasteiger partial charge in [0.2, 0.25) is 15.9 Å². The van der Waals surface area contributed by atoms with Crippen LogP contribution in [0.2, 0.25) is 0 Å². The summed E-state index contributed by atoms with van der Waals surface area (Å²) >= 11 is 0. The summed E-state index contributed by atoms with van der Waals surface area (Å²) in [6.07, 6.45) is 4.91. The number of hydrogen-bond donors (Lipinski definition) is 3. The molecule has 34 heavy (non-hydrogen) atoms. The van der Waals surface area contributed by atoms with E-state index in [0.717, 1.165) is 37.1 Å². The van der Waals surface area contributed by atoms with Crippen molar-refractivity contribution in [2.75, 3.05) is 12.3 Å². The van der Waals surface area contributed by atoms with Gasteiger partial charge in [-0.2, -0.15) is 0 Å². The number of hydrogen-bond acceptors (Lipinski definition) is 5. The maximum atomic E-state index is 14.3. The van der Waals surface area contributed by atoms with Gasteiger partial charge in [-0.05, 0) is 57.7 Å². The van der Waals surface area contributed by atoms with E-state index in [1.807, 2.05) is 6.92 Å². The van der Waals surface area contributed by atoms with Crippen molar-refractivity contribution in [1.29, 1.82) is 0 Å². The number of amides is 1. The minimum atomic E-state index is -3.61. The normalized spacial score (nSPS) is 17.4. The molecule has 0 saturated carbocycles. The van der Waals surface area contributed by atoms with Gasteiger partial charge in [-0.3, -0.25) is 4.79 Å². The molecule has 1 amide bonds. The lowest BCUT2D eigenvalue weighted by Crippen LogP contribution is -2.48. The van der Waals surface area contributed by atoms with Crippen molar-refractivity contribution in [2.24, 2.45) is 0 Å². The number of aromatic nitrogens is 2. The number of sulfonamides is 1. The molecule has 0 radical (unpaired) electrons. The highest BCUT2D eigenvalue weighted by atomic mass is 32.2. The molecule has 8 nitrogen and oxygen atoms in total. The van der Waals surface area contributed by atoms with Gasteiger partial charge < -0.3 is 15.2 Å². The van der Waals surface area contributed by atoms with E-state index in [9.17, 15) is 17.6 Å². The zero-order valence-corrected chi connectivity index (χ0v) is 20.8. The van der Waals surface area contributed by atoms with E-state index in [4.69, 9.17) is 0 Å². The third-order valence-corrected chi connectivity index (χ3v) is 7.54. The van der Waals surface area contributed by atoms with Gasteiger partial charge in [-0.25, -0.2) is 22.5 Å². The van der Waals surface area contributed by atoms with Crippen molar-refractivity contribution in [3.05, 3.63) is 53.9 Å². The van der Waals surface area contributed by atoms with Gasteiger partial charge in [0.1, 0.15) is 17.7 Å². The van der Waals surface area contributed by atoms with E-state index >= 15 is 0 Å². The number of nitrogens with one attached hydrogen (secondary N) is 3. The molecule has 0 spiro atoms. The van der Waals surface area contributed by atoms with Crippen LogP contribution in [0.5, 0.6) is 0 Å². The number of rotatable bonds is 10. The third-order valence-electron chi connectivity index (χ3n) is 6.14. The van der Waals surface area contributed by atoms with Gasteiger partial charge in [0.25, 0.3) is 0 Å². The van der Waals surface area contributed by atoms with Crippen LogP contribution in [0.1, 0.15) is 50.9 Å². The van der Waals surface area contributed by atoms with Gasteiger partial charge in [-0.15, -0.1) is 0 Å². The number of halogens is 1. The molecule has 1 aliphatic heterocycles. The van der Waals surface area contributed by atoms with E-state index in [1.165, 1.54) is 19.2 Å². The van der Waals surface area contributed by atoms with E-state index in [1.54, 1.807) is 12.1 Å². The van der Waals surface area contributed by atoms with Crippen LogP contribution in [-0.4, -0.2) is 53.6 Å². The van der Waals surface area contributed by atoms with Gasteiger partial charge in [0.05, 0.1) is 24.2 Å². The van der Waals surface area contributed by atoms with Crippen LogP contribution in [0.4, 0.5) is 4.39 Å². The monoisotopic (exact) mass is 491 g/mol. The molecule has 2 aromatic rings. The van der Waals surface area contributed by atoms with E-state index in [2.05, 4.69) is 38.4 Å². The fourth-order valence-electron chi connectivity index (χ4n) is 4.13. The zero-order valence-electron chi connectivity index (χ0n) is 20.0. The van der Waals surface area contributed by atoms with Crippen LogP contribution in [0.15, 0.2) is 36.7 Å². The average molecular weight is 492 g/mol. The smallest absolute Gasteiger partial charge is 0.238 e. The number of H-pyrrole nitrogens is 1. The van der Waals surface area contributed by atoms with Crippen molar-refractivity contribution in [2.45, 2.75) is 65.1 Å². The van der Waals surface area contributed by atoms with E-state index in [-0.39, 0.29) is 24.5 Å². The molecule has 186 valence electrons. The number of carbonyl (C=O) groups excluding carboxylic acids is 1. The Bertz CT molecular complexity index is 1130. The number of benzene rings is 1.